The Morgan fingerprint density at radius 2 is 1.68 bits per heavy atom. The van der Waals surface area contributed by atoms with Gasteiger partial charge in [-0.1, -0.05) is 6.92 Å². The number of nitro benzene ring substituents is 1. The molecule has 2 aromatic carbocycles. The maximum absolute atomic E-state index is 13.8. The summed E-state index contributed by atoms with van der Waals surface area (Å²) in [6.45, 7) is 6.60. The van der Waals surface area contributed by atoms with Gasteiger partial charge in [0.05, 0.1) is 42.7 Å². The van der Waals surface area contributed by atoms with E-state index in [-0.39, 0.29) is 10.6 Å². The summed E-state index contributed by atoms with van der Waals surface area (Å²) in [4.78, 5) is 20.4. The topological polar surface area (TPSA) is 118 Å². The van der Waals surface area contributed by atoms with E-state index in [0.717, 1.165) is 31.5 Å². The van der Waals surface area contributed by atoms with Crippen LogP contribution in [0.2, 0.25) is 0 Å². The molecular formula is C28H37N5O6S. The molecule has 0 radical (unpaired) electrons. The number of rotatable bonds is 8. The Morgan fingerprint density at radius 3 is 2.38 bits per heavy atom. The van der Waals surface area contributed by atoms with E-state index in [0.29, 0.717) is 75.6 Å². The molecule has 0 aromatic heterocycles. The lowest BCUT2D eigenvalue weighted by Gasteiger charge is -2.38. The van der Waals surface area contributed by atoms with Gasteiger partial charge in [0.15, 0.2) is 0 Å². The Balaban J connectivity index is 1.53. The molecule has 0 saturated carbocycles. The first-order valence-corrected chi connectivity index (χ1v) is 15.5. The quantitative estimate of drug-likeness (QED) is 0.265. The molecule has 0 aliphatic carbocycles. The molecule has 11 nitrogen and oxygen atoms in total. The van der Waals surface area contributed by atoms with E-state index < -0.39 is 14.9 Å². The number of morpholine rings is 2. The minimum Gasteiger partial charge on any atom is -0.379 e. The van der Waals surface area contributed by atoms with Crippen LogP contribution in [0.4, 0.5) is 22.7 Å². The van der Waals surface area contributed by atoms with E-state index in [2.05, 4.69) is 16.8 Å². The van der Waals surface area contributed by atoms with Gasteiger partial charge in [-0.05, 0) is 49.9 Å². The average Bonchev–Trinajstić information content (AvgIpc) is 3.00. The summed E-state index contributed by atoms with van der Waals surface area (Å²) in [6, 6.07) is 10.5. The van der Waals surface area contributed by atoms with Gasteiger partial charge < -0.3 is 19.3 Å². The highest BCUT2D eigenvalue weighted by molar-refractivity contribution is 7.89. The van der Waals surface area contributed by atoms with E-state index in [4.69, 9.17) is 9.47 Å². The third kappa shape index (κ3) is 6.14. The largest absolute Gasteiger partial charge is 0.379 e. The molecule has 2 aromatic rings. The van der Waals surface area contributed by atoms with Gasteiger partial charge in [-0.2, -0.15) is 4.31 Å². The van der Waals surface area contributed by atoms with Crippen molar-refractivity contribution in [2.75, 3.05) is 69.0 Å². The molecule has 3 saturated heterocycles. The Bertz CT molecular complexity index is 1340. The van der Waals surface area contributed by atoms with Crippen molar-refractivity contribution in [2.24, 2.45) is 4.99 Å². The van der Waals surface area contributed by atoms with Crippen molar-refractivity contribution in [3.05, 3.63) is 52.1 Å². The highest BCUT2D eigenvalue weighted by atomic mass is 32.2. The van der Waals surface area contributed by atoms with Crippen molar-refractivity contribution in [3.63, 3.8) is 0 Å². The van der Waals surface area contributed by atoms with Crippen LogP contribution in [0.1, 0.15) is 38.2 Å². The summed E-state index contributed by atoms with van der Waals surface area (Å²) in [6.07, 6.45) is 5.92. The molecule has 3 fully saturated rings. The fraction of sp³-hybridized carbons (Fsp3) is 0.536. The highest BCUT2D eigenvalue weighted by Crippen LogP contribution is 2.34. The first kappa shape index (κ1) is 28.5. The third-order valence-electron chi connectivity index (χ3n) is 7.87. The third-order valence-corrected chi connectivity index (χ3v) is 9.79. The van der Waals surface area contributed by atoms with E-state index >= 15 is 0 Å². The van der Waals surface area contributed by atoms with E-state index in [9.17, 15) is 18.5 Å². The summed E-state index contributed by atoms with van der Waals surface area (Å²) >= 11 is 0. The summed E-state index contributed by atoms with van der Waals surface area (Å²) in [5.41, 5.74) is 2.64. The zero-order valence-corrected chi connectivity index (χ0v) is 23.7. The molecule has 3 aliphatic rings. The van der Waals surface area contributed by atoms with Crippen LogP contribution in [0.25, 0.3) is 0 Å². The van der Waals surface area contributed by atoms with E-state index in [1.165, 1.54) is 16.8 Å². The highest BCUT2D eigenvalue weighted by Gasteiger charge is 2.31. The van der Waals surface area contributed by atoms with Gasteiger partial charge in [0, 0.05) is 68.4 Å². The van der Waals surface area contributed by atoms with Crippen LogP contribution in [0.5, 0.6) is 0 Å². The fourth-order valence-electron chi connectivity index (χ4n) is 5.69. The number of hydrogen-bond acceptors (Lipinski definition) is 9. The van der Waals surface area contributed by atoms with Crippen LogP contribution < -0.4 is 9.80 Å². The second-order valence-corrected chi connectivity index (χ2v) is 12.2. The zero-order valence-electron chi connectivity index (χ0n) is 22.9. The van der Waals surface area contributed by atoms with Gasteiger partial charge in [0.2, 0.25) is 10.0 Å². The second-order valence-electron chi connectivity index (χ2n) is 10.3. The summed E-state index contributed by atoms with van der Waals surface area (Å²) in [7, 11) is -3.80. The Labute approximate surface area is 235 Å². The number of nitrogens with zero attached hydrogens (tertiary/aromatic N) is 5. The molecule has 0 amide bonds. The molecule has 0 spiro atoms. The lowest BCUT2D eigenvalue weighted by atomic mass is 9.98. The molecule has 3 aliphatic heterocycles. The predicted octanol–water partition coefficient (Wildman–Crippen LogP) is 3.97. The number of sulfonamides is 1. The molecule has 12 heteroatoms. The van der Waals surface area contributed by atoms with Crippen molar-refractivity contribution in [1.29, 1.82) is 0 Å². The number of ether oxygens (including phenoxy) is 2. The fourth-order valence-corrected chi connectivity index (χ4v) is 7.33. The van der Waals surface area contributed by atoms with Crippen LogP contribution >= 0.6 is 0 Å². The van der Waals surface area contributed by atoms with Gasteiger partial charge in [0.25, 0.3) is 5.69 Å². The smallest absolute Gasteiger partial charge is 0.270 e. The first-order chi connectivity index (χ1) is 19.4. The molecule has 216 valence electrons. The number of non-ortho nitro benzene ring substituents is 1. The molecule has 1 atom stereocenters. The van der Waals surface area contributed by atoms with Crippen LogP contribution in [-0.2, 0) is 19.5 Å². The number of benzene rings is 2. The Hall–Kier alpha value is -3.06. The Kier molecular flexibility index (Phi) is 8.99. The predicted molar refractivity (Wildman–Crippen MR) is 155 cm³/mol. The standard InChI is InChI=1S/C28H37N5O6S/c1-2-24-5-3-4-10-32(24)26-9-7-25(33(34)35)19-22(26)21-29-23-6-8-27(30-11-15-38-16-12-30)28(20-23)40(36,37)31-13-17-39-18-14-31/h6-9,19-21,24H,2-5,10-18H2,1H3/t24-/m1/s1. The van der Waals surface area contributed by atoms with Gasteiger partial charge in [0.1, 0.15) is 4.90 Å². The van der Waals surface area contributed by atoms with Crippen molar-refractivity contribution >= 4 is 39.0 Å². The van der Waals surface area contributed by atoms with E-state index in [1.807, 2.05) is 11.0 Å². The molecule has 40 heavy (non-hydrogen) atoms. The summed E-state index contributed by atoms with van der Waals surface area (Å²) in [5.74, 6) is 0. The van der Waals surface area contributed by atoms with Crippen LogP contribution in [-0.4, -0.2) is 89.1 Å². The number of aliphatic imine (C=N–C) groups is 1. The molecule has 5 rings (SSSR count). The number of piperidine rings is 1. The van der Waals surface area contributed by atoms with Crippen molar-refractivity contribution in [2.45, 2.75) is 43.5 Å². The maximum Gasteiger partial charge on any atom is 0.270 e. The van der Waals surface area contributed by atoms with Crippen molar-refractivity contribution < 1.29 is 22.8 Å². The van der Waals surface area contributed by atoms with Gasteiger partial charge in [-0.15, -0.1) is 0 Å². The zero-order chi connectivity index (χ0) is 28.1. The van der Waals surface area contributed by atoms with Gasteiger partial charge in [-0.3, -0.25) is 15.1 Å². The molecular weight excluding hydrogens is 534 g/mol. The second kappa shape index (κ2) is 12.6. The SMILES string of the molecule is CC[C@@H]1CCCCN1c1ccc([N+](=O)[O-])cc1C=Nc1ccc(N2CCOCC2)c(S(=O)(=O)N2CCOCC2)c1. The lowest BCUT2D eigenvalue weighted by molar-refractivity contribution is -0.384. The number of anilines is 2. The first-order valence-electron chi connectivity index (χ1n) is 14.0. The van der Waals surface area contributed by atoms with Gasteiger partial charge in [-0.25, -0.2) is 8.42 Å². The minimum absolute atomic E-state index is 0.00601. The maximum atomic E-state index is 13.8. The molecule has 3 heterocycles. The normalized spacial score (nSPS) is 21.2. The monoisotopic (exact) mass is 571 g/mol. The van der Waals surface area contributed by atoms with Crippen LogP contribution in [0.15, 0.2) is 46.3 Å². The van der Waals surface area contributed by atoms with Crippen LogP contribution in [0.3, 0.4) is 0 Å². The molecule has 0 unspecified atom stereocenters. The van der Waals surface area contributed by atoms with Crippen molar-refractivity contribution in [3.8, 4) is 0 Å². The molecule has 0 N–H and O–H groups in total. The van der Waals surface area contributed by atoms with Gasteiger partial charge >= 0.3 is 0 Å². The molecule has 0 bridgehead atoms. The lowest BCUT2D eigenvalue weighted by Crippen LogP contribution is -2.42. The summed E-state index contributed by atoms with van der Waals surface area (Å²) in [5, 5.41) is 11.6. The van der Waals surface area contributed by atoms with E-state index in [1.54, 1.807) is 30.5 Å². The summed E-state index contributed by atoms with van der Waals surface area (Å²) < 4.78 is 39.9. The number of nitro groups is 1. The minimum atomic E-state index is -3.80. The Morgan fingerprint density at radius 1 is 0.975 bits per heavy atom. The number of hydrogen-bond donors (Lipinski definition) is 0. The average molecular weight is 572 g/mol. The van der Waals surface area contributed by atoms with Crippen LogP contribution in [0, 0.1) is 10.1 Å². The van der Waals surface area contributed by atoms with Crippen molar-refractivity contribution in [1.82, 2.24) is 4.31 Å².